The van der Waals surface area contributed by atoms with Crippen molar-refractivity contribution in [3.63, 3.8) is 0 Å². The van der Waals surface area contributed by atoms with Crippen LogP contribution < -0.4 is 19.1 Å². The molecule has 1 saturated heterocycles. The highest BCUT2D eigenvalue weighted by atomic mass is 32.2. The van der Waals surface area contributed by atoms with Crippen LogP contribution in [0.5, 0.6) is 5.75 Å². The molecule has 10 heteroatoms. The van der Waals surface area contributed by atoms with Gasteiger partial charge in [0.2, 0.25) is 10.0 Å². The average molecular weight is 468 g/mol. The van der Waals surface area contributed by atoms with E-state index in [2.05, 4.69) is 14.3 Å². The molecule has 1 fully saturated rings. The molecule has 1 aliphatic rings. The zero-order chi connectivity index (χ0) is 22.5. The van der Waals surface area contributed by atoms with Crippen LogP contribution in [-0.4, -0.2) is 42.8 Å². The third-order valence-electron chi connectivity index (χ3n) is 5.06. The summed E-state index contributed by atoms with van der Waals surface area (Å²) < 4.78 is 61.0. The molecule has 0 amide bonds. The van der Waals surface area contributed by atoms with Gasteiger partial charge in [0.25, 0.3) is 10.0 Å². The van der Waals surface area contributed by atoms with Crippen LogP contribution in [0.2, 0.25) is 0 Å². The first kappa shape index (κ1) is 23.2. The number of anilines is 3. The Bertz CT molecular complexity index is 1090. The van der Waals surface area contributed by atoms with Crippen LogP contribution in [0.15, 0.2) is 47.4 Å². The highest BCUT2D eigenvalue weighted by Gasteiger charge is 2.22. The molecule has 0 atom stereocenters. The summed E-state index contributed by atoms with van der Waals surface area (Å²) in [5.74, 6) is 0.578. The second-order valence-electron chi connectivity index (χ2n) is 7.48. The molecule has 2 N–H and O–H groups in total. The minimum atomic E-state index is -3.91. The summed E-state index contributed by atoms with van der Waals surface area (Å²) in [7, 11) is -5.96. The predicted molar refractivity (Wildman–Crippen MR) is 124 cm³/mol. The molecule has 31 heavy (non-hydrogen) atoms. The minimum Gasteiger partial charge on any atom is -0.497 e. The van der Waals surface area contributed by atoms with Gasteiger partial charge in [-0.2, -0.15) is 0 Å². The van der Waals surface area contributed by atoms with Gasteiger partial charge in [-0.15, -0.1) is 0 Å². The van der Waals surface area contributed by atoms with E-state index < -0.39 is 20.0 Å². The summed E-state index contributed by atoms with van der Waals surface area (Å²) in [5, 5.41) is 0. The van der Waals surface area contributed by atoms with Crippen molar-refractivity contribution in [1.82, 2.24) is 0 Å². The van der Waals surface area contributed by atoms with Crippen LogP contribution in [0.1, 0.15) is 32.6 Å². The second kappa shape index (κ2) is 9.78. The first-order chi connectivity index (χ1) is 14.7. The Morgan fingerprint density at radius 1 is 0.935 bits per heavy atom. The number of sulfonamides is 2. The SMILES string of the molecule is CCCS(=O)(=O)Nc1cc(S(=O)(=O)Nc2ccc(OC)cc2)ccc1N1CCCCC1. The first-order valence-electron chi connectivity index (χ1n) is 10.3. The maximum atomic E-state index is 13.0. The van der Waals surface area contributed by atoms with Gasteiger partial charge in [0, 0.05) is 18.8 Å². The summed E-state index contributed by atoms with van der Waals surface area (Å²) in [6.07, 6.45) is 3.62. The molecule has 1 heterocycles. The van der Waals surface area contributed by atoms with Crippen LogP contribution in [0.25, 0.3) is 0 Å². The van der Waals surface area contributed by atoms with Gasteiger partial charge < -0.3 is 9.64 Å². The molecule has 2 aromatic rings. The highest BCUT2D eigenvalue weighted by molar-refractivity contribution is 7.93. The largest absolute Gasteiger partial charge is 0.497 e. The maximum absolute atomic E-state index is 13.0. The Kier molecular flexibility index (Phi) is 7.32. The topological polar surface area (TPSA) is 105 Å². The number of ether oxygens (including phenoxy) is 1. The summed E-state index contributed by atoms with van der Waals surface area (Å²) in [6, 6.07) is 11.1. The van der Waals surface area contributed by atoms with Crippen LogP contribution >= 0.6 is 0 Å². The van der Waals surface area contributed by atoms with E-state index in [0.717, 1.165) is 32.4 Å². The van der Waals surface area contributed by atoms with E-state index in [1.807, 2.05) is 0 Å². The van der Waals surface area contributed by atoms with Crippen molar-refractivity contribution in [3.8, 4) is 5.75 Å². The Balaban J connectivity index is 1.94. The monoisotopic (exact) mass is 467 g/mol. The number of rotatable bonds is 9. The van der Waals surface area contributed by atoms with Crippen LogP contribution in [0, 0.1) is 0 Å². The average Bonchev–Trinajstić information content (AvgIpc) is 2.74. The van der Waals surface area contributed by atoms with Gasteiger partial charge in [0.15, 0.2) is 0 Å². The van der Waals surface area contributed by atoms with E-state index in [1.165, 1.54) is 19.2 Å². The predicted octanol–water partition coefficient (Wildman–Crippen LogP) is 3.64. The molecule has 0 aliphatic carbocycles. The Labute approximate surface area is 184 Å². The number of nitrogens with zero attached hydrogens (tertiary/aromatic N) is 1. The number of benzene rings is 2. The zero-order valence-corrected chi connectivity index (χ0v) is 19.4. The molecule has 0 unspecified atom stereocenters. The van der Waals surface area contributed by atoms with Gasteiger partial charge in [-0.25, -0.2) is 16.8 Å². The summed E-state index contributed by atoms with van der Waals surface area (Å²) in [4.78, 5) is 2.08. The standard InChI is InChI=1S/C21H29N3O5S2/c1-3-15-30(25,26)23-20-16-19(11-12-21(20)24-13-5-4-6-14-24)31(27,28)22-17-7-9-18(29-2)10-8-17/h7-12,16,22-23H,3-6,13-15H2,1-2H3. The fourth-order valence-electron chi connectivity index (χ4n) is 3.54. The quantitative estimate of drug-likeness (QED) is 0.583. The first-order valence-corrected chi connectivity index (χ1v) is 13.4. The van der Waals surface area contributed by atoms with Crippen molar-refractivity contribution in [2.24, 2.45) is 0 Å². The highest BCUT2D eigenvalue weighted by Crippen LogP contribution is 2.32. The van der Waals surface area contributed by atoms with E-state index in [4.69, 9.17) is 4.74 Å². The van der Waals surface area contributed by atoms with Crippen molar-refractivity contribution in [3.05, 3.63) is 42.5 Å². The van der Waals surface area contributed by atoms with E-state index in [0.29, 0.717) is 23.5 Å². The van der Waals surface area contributed by atoms with Gasteiger partial charge in [0.05, 0.1) is 29.1 Å². The van der Waals surface area contributed by atoms with Gasteiger partial charge >= 0.3 is 0 Å². The van der Waals surface area contributed by atoms with Crippen LogP contribution in [0.4, 0.5) is 17.1 Å². The molecular formula is C21H29N3O5S2. The van der Waals surface area contributed by atoms with Gasteiger partial charge in [-0.05, 0) is 68.1 Å². The van der Waals surface area contributed by atoms with Gasteiger partial charge in [0.1, 0.15) is 5.75 Å². The lowest BCUT2D eigenvalue weighted by Crippen LogP contribution is -2.31. The lowest BCUT2D eigenvalue weighted by molar-refractivity contribution is 0.415. The normalized spacial score (nSPS) is 14.8. The number of nitrogens with one attached hydrogen (secondary N) is 2. The van der Waals surface area contributed by atoms with Crippen molar-refractivity contribution in [2.75, 3.05) is 40.3 Å². The number of hydrogen-bond donors (Lipinski definition) is 2. The lowest BCUT2D eigenvalue weighted by atomic mass is 10.1. The van der Waals surface area contributed by atoms with E-state index in [9.17, 15) is 16.8 Å². The molecule has 2 aromatic carbocycles. The Morgan fingerprint density at radius 2 is 1.61 bits per heavy atom. The van der Waals surface area contributed by atoms with Crippen molar-refractivity contribution < 1.29 is 21.6 Å². The number of methoxy groups -OCH3 is 1. The molecule has 0 saturated carbocycles. The maximum Gasteiger partial charge on any atom is 0.261 e. The van der Waals surface area contributed by atoms with Crippen molar-refractivity contribution in [1.29, 1.82) is 0 Å². The third kappa shape index (κ3) is 6.04. The lowest BCUT2D eigenvalue weighted by Gasteiger charge is -2.31. The third-order valence-corrected chi connectivity index (χ3v) is 7.91. The smallest absolute Gasteiger partial charge is 0.261 e. The second-order valence-corrected chi connectivity index (χ2v) is 11.0. The molecule has 1 aliphatic heterocycles. The van der Waals surface area contributed by atoms with Crippen molar-refractivity contribution >= 4 is 37.1 Å². The molecule has 0 bridgehead atoms. The molecule has 3 rings (SSSR count). The van der Waals surface area contributed by atoms with Gasteiger partial charge in [-0.1, -0.05) is 6.92 Å². The Hall–Kier alpha value is -2.46. The molecule has 0 spiro atoms. The molecule has 0 aromatic heterocycles. The van der Waals surface area contributed by atoms with E-state index >= 15 is 0 Å². The molecule has 8 nitrogen and oxygen atoms in total. The summed E-state index contributed by atoms with van der Waals surface area (Å²) in [6.45, 7) is 3.39. The van der Waals surface area contributed by atoms with Crippen LogP contribution in [-0.2, 0) is 20.0 Å². The Morgan fingerprint density at radius 3 is 2.23 bits per heavy atom. The fourth-order valence-corrected chi connectivity index (χ4v) is 5.76. The fraction of sp³-hybridized carbons (Fsp3) is 0.429. The minimum absolute atomic E-state index is 0.0155. The molecule has 170 valence electrons. The van der Waals surface area contributed by atoms with Crippen LogP contribution in [0.3, 0.4) is 0 Å². The van der Waals surface area contributed by atoms with Gasteiger partial charge in [-0.3, -0.25) is 9.44 Å². The number of piperidine rings is 1. The zero-order valence-electron chi connectivity index (χ0n) is 17.8. The van der Waals surface area contributed by atoms with E-state index in [1.54, 1.807) is 37.3 Å². The summed E-state index contributed by atoms with van der Waals surface area (Å²) in [5.41, 5.74) is 1.37. The van der Waals surface area contributed by atoms with E-state index in [-0.39, 0.29) is 16.3 Å². The van der Waals surface area contributed by atoms with Crippen molar-refractivity contribution in [2.45, 2.75) is 37.5 Å². The number of hydrogen-bond acceptors (Lipinski definition) is 6. The molecule has 0 radical (unpaired) electrons. The molecular weight excluding hydrogens is 438 g/mol. The summed E-state index contributed by atoms with van der Waals surface area (Å²) >= 11 is 0.